The van der Waals surface area contributed by atoms with Crippen LogP contribution >= 0.6 is 0 Å². The Balaban J connectivity index is 0.000000143. The molecule has 0 aliphatic carbocycles. The van der Waals surface area contributed by atoms with E-state index in [-0.39, 0.29) is 0 Å². The van der Waals surface area contributed by atoms with Crippen LogP contribution in [0.4, 0.5) is 0 Å². The number of fused-ring (bicyclic) bond motifs is 6. The lowest BCUT2D eigenvalue weighted by atomic mass is 9.84. The molecule has 0 saturated heterocycles. The summed E-state index contributed by atoms with van der Waals surface area (Å²) in [6.45, 7) is -5.32. The first-order chi connectivity index (χ1) is 31.5. The average Bonchev–Trinajstić information content (AvgIpc) is 3.35. The fourth-order valence-corrected chi connectivity index (χ4v) is 8.59. The van der Waals surface area contributed by atoms with Crippen molar-refractivity contribution in [3.05, 3.63) is 263 Å². The highest BCUT2D eigenvalue weighted by Gasteiger charge is 2.62. The highest BCUT2D eigenvalue weighted by Crippen LogP contribution is 2.42. The molecule has 0 fully saturated rings. The molecule has 0 unspecified atom stereocenters. The number of carbonyl (C=O) groups excluding carboxylic acids is 2. The van der Waals surface area contributed by atoms with Gasteiger partial charge in [0.15, 0.2) is 11.4 Å². The van der Waals surface area contributed by atoms with Crippen LogP contribution in [-0.4, -0.2) is 25.7 Å². The predicted molar refractivity (Wildman–Crippen MR) is 240 cm³/mol. The lowest BCUT2D eigenvalue weighted by Gasteiger charge is -2.42. The van der Waals surface area contributed by atoms with E-state index in [4.69, 9.17) is 27.9 Å². The molecule has 6 heterocycles. The van der Waals surface area contributed by atoms with Crippen molar-refractivity contribution in [3.8, 4) is 11.5 Å². The molecular formula is C52H36B2N2O8. The zero-order valence-corrected chi connectivity index (χ0v) is 34.1. The molecule has 12 rings (SSSR count). The number of pyridine rings is 2. The second-order valence-electron chi connectivity index (χ2n) is 15.3. The van der Waals surface area contributed by atoms with Gasteiger partial charge in [0, 0.05) is 23.3 Å². The third-order valence-corrected chi connectivity index (χ3v) is 11.4. The molecule has 2 spiro atoms. The van der Waals surface area contributed by atoms with Gasteiger partial charge < -0.3 is 27.9 Å². The van der Waals surface area contributed by atoms with Gasteiger partial charge in [-0.3, -0.25) is 18.5 Å². The van der Waals surface area contributed by atoms with Crippen molar-refractivity contribution in [2.24, 2.45) is 0 Å². The van der Waals surface area contributed by atoms with Gasteiger partial charge in [-0.05, 0) is 47.5 Å². The van der Waals surface area contributed by atoms with E-state index in [1.165, 1.54) is 0 Å². The van der Waals surface area contributed by atoms with Crippen molar-refractivity contribution in [2.75, 3.05) is 0 Å². The molecule has 12 heteroatoms. The molecule has 10 nitrogen and oxygen atoms in total. The first kappa shape index (κ1) is 38.3. The maximum absolute atomic E-state index is 13.0. The molecule has 0 bridgehead atoms. The highest BCUT2D eigenvalue weighted by atomic mass is 16.8. The summed E-state index contributed by atoms with van der Waals surface area (Å²) >= 11 is 0. The predicted octanol–water partition coefficient (Wildman–Crippen LogP) is 8.91. The number of aromatic nitrogens is 2. The van der Waals surface area contributed by atoms with Crippen LogP contribution in [0, 0.1) is 0 Å². The topological polar surface area (TPSA) is 97.3 Å². The SMILES string of the molecule is O=C1O[B@@-]2(OC(c3ccccc3)=C(c3ccccc3)c3cccc[n+]32)Oc2ccccc21.O=C1O[B@@-]2(OC(c3ccccc3)=C(c3ccccc3)c3cccc[n+]32)Oc2ccccc21. The molecule has 308 valence electrons. The summed E-state index contributed by atoms with van der Waals surface area (Å²) in [7, 11) is 0. The molecule has 0 amide bonds. The Kier molecular flexibility index (Phi) is 9.39. The van der Waals surface area contributed by atoms with E-state index in [9.17, 15) is 9.59 Å². The Bertz CT molecular complexity index is 2960. The normalized spacial score (nSPS) is 18.8. The van der Waals surface area contributed by atoms with Gasteiger partial charge in [-0.2, -0.15) is 0 Å². The Morgan fingerprint density at radius 3 is 1.03 bits per heavy atom. The monoisotopic (exact) mass is 838 g/mol. The molecule has 4 aliphatic heterocycles. The van der Waals surface area contributed by atoms with Gasteiger partial charge in [0.05, 0.1) is 33.8 Å². The Morgan fingerprint density at radius 2 is 0.641 bits per heavy atom. The van der Waals surface area contributed by atoms with Crippen LogP contribution in [0.2, 0.25) is 0 Å². The number of benzene rings is 6. The number of nitrogens with zero attached hydrogens (tertiary/aromatic N) is 2. The van der Waals surface area contributed by atoms with Gasteiger partial charge >= 0.3 is 25.7 Å². The number of para-hydroxylation sites is 2. The summed E-state index contributed by atoms with van der Waals surface area (Å²) in [5.41, 5.74) is 7.89. The quantitative estimate of drug-likeness (QED) is 0.162. The van der Waals surface area contributed by atoms with E-state index in [1.54, 1.807) is 45.4 Å². The second kappa shape index (κ2) is 15.7. The van der Waals surface area contributed by atoms with E-state index in [0.717, 1.165) is 44.8 Å². The minimum Gasteiger partial charge on any atom is -0.582 e. The molecule has 2 atom stereocenters. The summed E-state index contributed by atoms with van der Waals surface area (Å²) in [4.78, 5) is 25.9. The number of rotatable bonds is 4. The average molecular weight is 838 g/mol. The van der Waals surface area contributed by atoms with E-state index in [0.29, 0.717) is 34.1 Å². The largest absolute Gasteiger partial charge is 0.880 e. The Morgan fingerprint density at radius 1 is 0.312 bits per heavy atom. The zero-order chi connectivity index (χ0) is 43.1. The summed E-state index contributed by atoms with van der Waals surface area (Å²) in [6.07, 6.45) is 3.64. The van der Waals surface area contributed by atoms with Crippen molar-refractivity contribution < 1.29 is 46.5 Å². The zero-order valence-electron chi connectivity index (χ0n) is 34.1. The molecule has 0 radical (unpaired) electrons. The van der Waals surface area contributed by atoms with Crippen LogP contribution in [0.3, 0.4) is 0 Å². The van der Waals surface area contributed by atoms with Crippen LogP contribution in [0.15, 0.2) is 219 Å². The Hall–Kier alpha value is -8.63. The maximum atomic E-state index is 13.0. The lowest BCUT2D eigenvalue weighted by Crippen LogP contribution is -2.76. The van der Waals surface area contributed by atoms with Crippen molar-refractivity contribution >= 4 is 48.4 Å². The molecule has 4 aliphatic rings. The van der Waals surface area contributed by atoms with Gasteiger partial charge in [0.25, 0.3) is 0 Å². The molecule has 0 N–H and O–H groups in total. The summed E-state index contributed by atoms with van der Waals surface area (Å²) in [5, 5.41) is 0. The fourth-order valence-electron chi connectivity index (χ4n) is 8.59. The number of hydrogen-bond donors (Lipinski definition) is 0. The third-order valence-electron chi connectivity index (χ3n) is 11.4. The minimum absolute atomic E-state index is 0.376. The molecule has 0 saturated carbocycles. The first-order valence-corrected chi connectivity index (χ1v) is 20.9. The third kappa shape index (κ3) is 6.56. The van der Waals surface area contributed by atoms with Gasteiger partial charge in [-0.15, -0.1) is 0 Å². The van der Waals surface area contributed by atoms with Crippen LogP contribution in [0.1, 0.15) is 54.4 Å². The molecular weight excluding hydrogens is 802 g/mol. The van der Waals surface area contributed by atoms with E-state index >= 15 is 0 Å². The molecule has 64 heavy (non-hydrogen) atoms. The lowest BCUT2D eigenvalue weighted by molar-refractivity contribution is -0.592. The second-order valence-corrected chi connectivity index (χ2v) is 15.3. The van der Waals surface area contributed by atoms with Crippen molar-refractivity contribution in [1.29, 1.82) is 0 Å². The minimum atomic E-state index is -2.66. The Labute approximate surface area is 368 Å². The highest BCUT2D eigenvalue weighted by molar-refractivity contribution is 6.58. The molecule has 6 aromatic carbocycles. The molecule has 8 aromatic rings. The molecule has 2 aromatic heterocycles. The van der Waals surface area contributed by atoms with Gasteiger partial charge in [-0.1, -0.05) is 158 Å². The summed E-state index contributed by atoms with van der Waals surface area (Å²) in [6, 6.07) is 65.3. The van der Waals surface area contributed by atoms with E-state index in [2.05, 4.69) is 0 Å². The van der Waals surface area contributed by atoms with Crippen LogP contribution in [-0.2, 0) is 18.6 Å². The number of hydrogen-bond acceptors (Lipinski definition) is 8. The standard InChI is InChI=1S/2C26H18BNO4/c2*29-26-21-15-7-8-17-23(21)30-27(32-26)28-18-10-9-16-22(28)24(19-11-3-1-4-12-19)25(31-27)20-13-5-2-6-14-20/h2*1-18H/t2*27-/m11/s1. The van der Waals surface area contributed by atoms with Gasteiger partial charge in [0.1, 0.15) is 23.9 Å². The van der Waals surface area contributed by atoms with Crippen molar-refractivity contribution in [1.82, 2.24) is 0 Å². The van der Waals surface area contributed by atoms with Crippen LogP contribution in [0.25, 0.3) is 22.7 Å². The van der Waals surface area contributed by atoms with Gasteiger partial charge in [-0.25, -0.2) is 0 Å². The van der Waals surface area contributed by atoms with E-state index < -0.39 is 25.7 Å². The van der Waals surface area contributed by atoms with Crippen LogP contribution < -0.4 is 18.3 Å². The summed E-state index contributed by atoms with van der Waals surface area (Å²) in [5.74, 6) is 1.09. The number of carbonyl (C=O) groups is 2. The summed E-state index contributed by atoms with van der Waals surface area (Å²) < 4.78 is 41.1. The maximum Gasteiger partial charge on any atom is 0.880 e. The fraction of sp³-hybridized carbons (Fsp3) is 0. The first-order valence-electron chi connectivity index (χ1n) is 20.9. The van der Waals surface area contributed by atoms with Crippen molar-refractivity contribution in [3.63, 3.8) is 0 Å². The smallest absolute Gasteiger partial charge is 0.582 e. The van der Waals surface area contributed by atoms with Crippen LogP contribution in [0.5, 0.6) is 11.5 Å². The van der Waals surface area contributed by atoms with E-state index in [1.807, 2.05) is 182 Å². The van der Waals surface area contributed by atoms with Gasteiger partial charge in [0.2, 0.25) is 0 Å². The van der Waals surface area contributed by atoms with Crippen molar-refractivity contribution in [2.45, 2.75) is 0 Å².